The summed E-state index contributed by atoms with van der Waals surface area (Å²) in [6.45, 7) is 0. The third kappa shape index (κ3) is 4.04. The second kappa shape index (κ2) is 7.92. The van der Waals surface area contributed by atoms with Crippen LogP contribution in [0.1, 0.15) is 31.8 Å². The maximum atomic E-state index is 12.5. The molecule has 0 bridgehead atoms. The van der Waals surface area contributed by atoms with E-state index in [-0.39, 0.29) is 75.8 Å². The molecule has 3 rings (SSSR count). The number of hydrogen-bond donors (Lipinski definition) is 2. The Hall–Kier alpha value is -0.400. The maximum absolute atomic E-state index is 12.5. The van der Waals surface area contributed by atoms with E-state index in [2.05, 4.69) is 0 Å². The van der Waals surface area contributed by atoms with E-state index in [1.54, 1.807) is 0 Å². The van der Waals surface area contributed by atoms with Crippen molar-refractivity contribution in [3.05, 3.63) is 58.7 Å². The van der Waals surface area contributed by atoms with Gasteiger partial charge in [0.05, 0.1) is 10.5 Å². The van der Waals surface area contributed by atoms with E-state index in [4.69, 9.17) is 4.55 Å². The standard InChI is InChI=1S/C14H8O8S2.2Na.2H/c15-13-9-2-1-3-11(24(20,21)22)12(9)14(16)8-5-4-7(6-10(8)13)23(17,18)19;;;;/h1-6H,(H,17,18,19)(H,20,21,22);;;;. The second-order valence-corrected chi connectivity index (χ2v) is 7.81. The summed E-state index contributed by atoms with van der Waals surface area (Å²) in [5.41, 5.74) is -1.27. The summed E-state index contributed by atoms with van der Waals surface area (Å²) in [6.07, 6.45) is 0. The van der Waals surface area contributed by atoms with Gasteiger partial charge in [-0.25, -0.2) is 0 Å². The van der Waals surface area contributed by atoms with Gasteiger partial charge in [0.25, 0.3) is 20.2 Å². The summed E-state index contributed by atoms with van der Waals surface area (Å²) < 4.78 is 63.5. The van der Waals surface area contributed by atoms with E-state index >= 15 is 0 Å². The fourth-order valence-corrected chi connectivity index (χ4v) is 3.74. The molecule has 2 aromatic rings. The minimum absolute atomic E-state index is 0. The molecule has 0 atom stereocenters. The molecule has 0 heterocycles. The predicted octanol–water partition coefficient (Wildman–Crippen LogP) is -0.342. The van der Waals surface area contributed by atoms with Crippen molar-refractivity contribution in [3.8, 4) is 0 Å². The van der Waals surface area contributed by atoms with Crippen LogP contribution in [-0.4, -0.2) is 96.6 Å². The van der Waals surface area contributed by atoms with Crippen molar-refractivity contribution in [2.75, 3.05) is 0 Å². The molecule has 2 N–H and O–H groups in total. The first-order chi connectivity index (χ1) is 11.0. The number of hydrogen-bond acceptors (Lipinski definition) is 6. The first kappa shape index (κ1) is 23.6. The van der Waals surface area contributed by atoms with Gasteiger partial charge in [-0.05, 0) is 24.3 Å². The van der Waals surface area contributed by atoms with Gasteiger partial charge in [-0.1, -0.05) is 12.1 Å². The molecule has 0 fully saturated rings. The fraction of sp³-hybridized carbons (Fsp3) is 0. The molecule has 0 saturated carbocycles. The summed E-state index contributed by atoms with van der Waals surface area (Å²) in [4.78, 5) is 23.8. The van der Waals surface area contributed by atoms with Crippen LogP contribution in [0, 0.1) is 0 Å². The van der Waals surface area contributed by atoms with Crippen LogP contribution in [0.2, 0.25) is 0 Å². The van der Waals surface area contributed by atoms with Gasteiger partial charge in [0.2, 0.25) is 0 Å². The van der Waals surface area contributed by atoms with Crippen molar-refractivity contribution in [2.45, 2.75) is 9.79 Å². The van der Waals surface area contributed by atoms with Crippen molar-refractivity contribution in [1.29, 1.82) is 0 Å². The van der Waals surface area contributed by atoms with Crippen molar-refractivity contribution >= 4 is 90.9 Å². The molecule has 1 aliphatic rings. The van der Waals surface area contributed by atoms with E-state index < -0.39 is 47.2 Å². The molecule has 0 aromatic heterocycles. The molecule has 0 aliphatic heterocycles. The summed E-state index contributed by atoms with van der Waals surface area (Å²) in [6, 6.07) is 6.10. The third-order valence-electron chi connectivity index (χ3n) is 3.55. The van der Waals surface area contributed by atoms with Crippen molar-refractivity contribution in [2.24, 2.45) is 0 Å². The van der Waals surface area contributed by atoms with Crippen LogP contribution < -0.4 is 0 Å². The number of carbonyl (C=O) groups is 2. The molecule has 8 nitrogen and oxygen atoms in total. The van der Waals surface area contributed by atoms with Gasteiger partial charge < -0.3 is 0 Å². The van der Waals surface area contributed by atoms with E-state index in [9.17, 15) is 31.0 Å². The Morgan fingerprint density at radius 2 is 1.31 bits per heavy atom. The molecule has 0 unspecified atom stereocenters. The molecule has 1 aliphatic carbocycles. The first-order valence-corrected chi connectivity index (χ1v) is 9.21. The number of rotatable bonds is 2. The number of benzene rings is 2. The number of ketones is 2. The van der Waals surface area contributed by atoms with Crippen LogP contribution in [0.5, 0.6) is 0 Å². The Morgan fingerprint density at radius 1 is 0.692 bits per heavy atom. The molecule has 0 radical (unpaired) electrons. The Bertz CT molecular complexity index is 1130. The van der Waals surface area contributed by atoms with Crippen LogP contribution in [0.3, 0.4) is 0 Å². The molecular formula is C14H10Na2O8S2. The van der Waals surface area contributed by atoms with Gasteiger partial charge in [0.15, 0.2) is 11.6 Å². The normalized spacial score (nSPS) is 13.2. The van der Waals surface area contributed by atoms with Crippen LogP contribution in [-0.2, 0) is 20.2 Å². The quantitative estimate of drug-likeness (QED) is 0.427. The molecule has 0 saturated heterocycles. The van der Waals surface area contributed by atoms with Crippen LogP contribution in [0.25, 0.3) is 0 Å². The van der Waals surface area contributed by atoms with Gasteiger partial charge in [0, 0.05) is 16.7 Å². The topological polar surface area (TPSA) is 143 Å². The van der Waals surface area contributed by atoms with E-state index in [0.717, 1.165) is 24.3 Å². The number of fused-ring (bicyclic) bond motifs is 2. The van der Waals surface area contributed by atoms with E-state index in [0.29, 0.717) is 0 Å². The molecule has 128 valence electrons. The Kier molecular flexibility index (Phi) is 7.20. The zero-order chi connectivity index (χ0) is 17.9. The molecule has 2 aromatic carbocycles. The fourth-order valence-electron chi connectivity index (χ4n) is 2.52. The SMILES string of the molecule is O=C1c2cc(S(=O)(=O)O)ccc2C(=O)c2c1cccc2S(=O)(=O)O.[NaH].[NaH]. The average molecular weight is 416 g/mol. The third-order valence-corrected chi connectivity index (χ3v) is 5.30. The average Bonchev–Trinajstić information content (AvgIpc) is 2.49. The Morgan fingerprint density at radius 3 is 1.85 bits per heavy atom. The summed E-state index contributed by atoms with van der Waals surface area (Å²) >= 11 is 0. The van der Waals surface area contributed by atoms with E-state index in [1.807, 2.05) is 0 Å². The molecule has 0 spiro atoms. The number of carbonyl (C=O) groups excluding carboxylic acids is 2. The van der Waals surface area contributed by atoms with Gasteiger partial charge >= 0.3 is 59.1 Å². The molecule has 26 heavy (non-hydrogen) atoms. The summed E-state index contributed by atoms with van der Waals surface area (Å²) in [7, 11) is -9.33. The van der Waals surface area contributed by atoms with Crippen LogP contribution in [0.4, 0.5) is 0 Å². The van der Waals surface area contributed by atoms with Crippen LogP contribution >= 0.6 is 0 Å². The van der Waals surface area contributed by atoms with Crippen molar-refractivity contribution in [1.82, 2.24) is 0 Å². The zero-order valence-corrected chi connectivity index (χ0v) is 13.3. The first-order valence-electron chi connectivity index (χ1n) is 6.33. The van der Waals surface area contributed by atoms with Gasteiger partial charge in [0.1, 0.15) is 4.90 Å². The van der Waals surface area contributed by atoms with Crippen molar-refractivity contribution in [3.63, 3.8) is 0 Å². The van der Waals surface area contributed by atoms with Gasteiger partial charge in [-0.15, -0.1) is 0 Å². The molecule has 0 amide bonds. The van der Waals surface area contributed by atoms with E-state index in [1.165, 1.54) is 12.1 Å². The van der Waals surface area contributed by atoms with Gasteiger partial charge in [-0.2, -0.15) is 16.8 Å². The summed E-state index contributed by atoms with van der Waals surface area (Å²) in [5, 5.41) is 0. The predicted molar refractivity (Wildman–Crippen MR) is 93.7 cm³/mol. The Balaban J connectivity index is 0.00000169. The monoisotopic (exact) mass is 416 g/mol. The second-order valence-electron chi connectivity index (χ2n) is 4.99. The molecular weight excluding hydrogens is 406 g/mol. The van der Waals surface area contributed by atoms with Gasteiger partial charge in [-0.3, -0.25) is 18.7 Å². The molecule has 12 heteroatoms. The minimum atomic E-state index is -4.74. The zero-order valence-electron chi connectivity index (χ0n) is 11.6. The van der Waals surface area contributed by atoms with Crippen LogP contribution in [0.15, 0.2) is 46.2 Å². The Labute approximate surface area is 193 Å². The van der Waals surface area contributed by atoms with Crippen molar-refractivity contribution < 1.29 is 35.5 Å². The summed E-state index contributed by atoms with van der Waals surface area (Å²) in [5.74, 6) is -1.65.